The van der Waals surface area contributed by atoms with Crippen LogP contribution in [-0.2, 0) is 6.61 Å². The van der Waals surface area contributed by atoms with E-state index in [4.69, 9.17) is 9.15 Å². The molecular formula is C25H19NO4. The van der Waals surface area contributed by atoms with Gasteiger partial charge in [0.25, 0.3) is 5.91 Å². The van der Waals surface area contributed by atoms with Gasteiger partial charge >= 0.3 is 0 Å². The number of aryl methyl sites for hydroxylation is 1. The molecule has 1 amide bonds. The molecule has 0 spiro atoms. The van der Waals surface area contributed by atoms with Gasteiger partial charge < -0.3 is 14.5 Å². The molecule has 30 heavy (non-hydrogen) atoms. The van der Waals surface area contributed by atoms with Crippen molar-refractivity contribution in [3.05, 3.63) is 111 Å². The van der Waals surface area contributed by atoms with Gasteiger partial charge in [-0.2, -0.15) is 0 Å². The molecule has 5 nitrogen and oxygen atoms in total. The molecule has 0 saturated carbocycles. The molecule has 1 N–H and O–H groups in total. The maximum absolute atomic E-state index is 13.2. The molecule has 5 rings (SSSR count). The second kappa shape index (κ2) is 7.19. The minimum absolute atomic E-state index is 0.0887. The Hall–Kier alpha value is -3.86. The van der Waals surface area contributed by atoms with Crippen LogP contribution in [0.4, 0.5) is 0 Å². The van der Waals surface area contributed by atoms with Gasteiger partial charge in [-0.25, -0.2) is 0 Å². The summed E-state index contributed by atoms with van der Waals surface area (Å²) in [4.78, 5) is 25.6. The number of hydrogen-bond donors (Lipinski definition) is 1. The first kappa shape index (κ1) is 18.2. The van der Waals surface area contributed by atoms with Crippen LogP contribution in [0, 0.1) is 6.92 Å². The Morgan fingerprint density at radius 3 is 2.50 bits per heavy atom. The molecule has 5 heteroatoms. The molecule has 4 aromatic rings. The van der Waals surface area contributed by atoms with Gasteiger partial charge in [0.15, 0.2) is 5.43 Å². The van der Waals surface area contributed by atoms with Gasteiger partial charge in [0.05, 0.1) is 17.0 Å². The van der Waals surface area contributed by atoms with Crippen molar-refractivity contribution in [2.75, 3.05) is 0 Å². The summed E-state index contributed by atoms with van der Waals surface area (Å²) >= 11 is 0. The fourth-order valence-electron chi connectivity index (χ4n) is 3.77. The van der Waals surface area contributed by atoms with Crippen LogP contribution in [0.3, 0.4) is 0 Å². The second-order valence-electron chi connectivity index (χ2n) is 7.42. The van der Waals surface area contributed by atoms with E-state index in [-0.39, 0.29) is 17.1 Å². The maximum Gasteiger partial charge on any atom is 0.288 e. The van der Waals surface area contributed by atoms with Crippen LogP contribution in [-0.4, -0.2) is 5.91 Å². The van der Waals surface area contributed by atoms with E-state index < -0.39 is 6.04 Å². The molecule has 0 bridgehead atoms. The van der Waals surface area contributed by atoms with Crippen molar-refractivity contribution in [1.29, 1.82) is 0 Å². The van der Waals surface area contributed by atoms with Crippen molar-refractivity contribution in [3.63, 3.8) is 0 Å². The number of carbonyl (C=O) groups excluding carboxylic acids is 1. The lowest BCUT2D eigenvalue weighted by molar-refractivity contribution is 0.0938. The summed E-state index contributed by atoms with van der Waals surface area (Å²) in [7, 11) is 0. The number of rotatable bonds is 4. The van der Waals surface area contributed by atoms with Crippen molar-refractivity contribution >= 4 is 16.9 Å². The zero-order chi connectivity index (χ0) is 20.7. The van der Waals surface area contributed by atoms with Crippen LogP contribution >= 0.6 is 0 Å². The first-order valence-electron chi connectivity index (χ1n) is 9.75. The molecule has 1 aliphatic heterocycles. The van der Waals surface area contributed by atoms with E-state index in [2.05, 4.69) is 5.32 Å². The van der Waals surface area contributed by atoms with Crippen LogP contribution < -0.4 is 15.5 Å². The Kier molecular flexibility index (Phi) is 4.36. The van der Waals surface area contributed by atoms with Crippen molar-refractivity contribution < 1.29 is 13.9 Å². The third-order valence-electron chi connectivity index (χ3n) is 5.31. The second-order valence-corrected chi connectivity index (χ2v) is 7.42. The molecule has 0 aliphatic carbocycles. The van der Waals surface area contributed by atoms with Crippen LogP contribution in [0.25, 0.3) is 11.0 Å². The van der Waals surface area contributed by atoms with E-state index in [0.717, 1.165) is 16.7 Å². The molecule has 1 unspecified atom stereocenters. The summed E-state index contributed by atoms with van der Waals surface area (Å²) in [6.07, 6.45) is 0. The van der Waals surface area contributed by atoms with Crippen molar-refractivity contribution in [1.82, 2.24) is 5.32 Å². The standard InChI is InChI=1S/C25H19NO4/c1-15-7-12-20-19(13-15)23(27)21-22(26-25(28)24(21)30-20)17-8-10-18(11-9-17)29-14-16-5-3-2-4-6-16/h2-13,22H,14H2,1H3,(H,26,28). The molecule has 0 fully saturated rings. The third kappa shape index (κ3) is 3.14. The number of benzene rings is 3. The summed E-state index contributed by atoms with van der Waals surface area (Å²) in [5, 5.41) is 3.35. The molecule has 1 aliphatic rings. The molecule has 148 valence electrons. The van der Waals surface area contributed by atoms with Gasteiger partial charge in [-0.15, -0.1) is 0 Å². The Balaban J connectivity index is 1.46. The summed E-state index contributed by atoms with van der Waals surface area (Å²) in [5.74, 6) is 0.429. The van der Waals surface area contributed by atoms with Crippen LogP contribution in [0.2, 0.25) is 0 Å². The molecule has 0 saturated heterocycles. The van der Waals surface area contributed by atoms with E-state index in [0.29, 0.717) is 28.9 Å². The average Bonchev–Trinajstić information content (AvgIpc) is 3.11. The lowest BCUT2D eigenvalue weighted by Crippen LogP contribution is -2.21. The lowest BCUT2D eigenvalue weighted by Gasteiger charge is -2.13. The van der Waals surface area contributed by atoms with Gasteiger partial charge in [-0.3, -0.25) is 9.59 Å². The van der Waals surface area contributed by atoms with Crippen molar-refractivity contribution in [3.8, 4) is 5.75 Å². The number of amides is 1. The van der Waals surface area contributed by atoms with E-state index >= 15 is 0 Å². The fraction of sp³-hybridized carbons (Fsp3) is 0.120. The Labute approximate surface area is 172 Å². The Bertz CT molecular complexity index is 1310. The van der Waals surface area contributed by atoms with Gasteiger partial charge in [-0.05, 0) is 42.3 Å². The largest absolute Gasteiger partial charge is 0.489 e. The smallest absolute Gasteiger partial charge is 0.288 e. The molecule has 1 atom stereocenters. The molecule has 2 heterocycles. The number of nitrogens with one attached hydrogen (secondary N) is 1. The summed E-state index contributed by atoms with van der Waals surface area (Å²) in [6.45, 7) is 2.39. The van der Waals surface area contributed by atoms with E-state index in [1.54, 1.807) is 12.1 Å². The van der Waals surface area contributed by atoms with E-state index in [9.17, 15) is 9.59 Å². The minimum atomic E-state index is -0.545. The summed E-state index contributed by atoms with van der Waals surface area (Å²) in [5.41, 5.74) is 3.44. The lowest BCUT2D eigenvalue weighted by atomic mass is 9.99. The number of ether oxygens (including phenoxy) is 1. The summed E-state index contributed by atoms with van der Waals surface area (Å²) < 4.78 is 11.6. The predicted molar refractivity (Wildman–Crippen MR) is 114 cm³/mol. The first-order chi connectivity index (χ1) is 14.6. The number of fused-ring (bicyclic) bond motifs is 2. The average molecular weight is 397 g/mol. The highest BCUT2D eigenvalue weighted by atomic mass is 16.5. The highest BCUT2D eigenvalue weighted by Crippen LogP contribution is 2.32. The van der Waals surface area contributed by atoms with Crippen molar-refractivity contribution in [2.45, 2.75) is 19.6 Å². The highest BCUT2D eigenvalue weighted by Gasteiger charge is 2.35. The third-order valence-corrected chi connectivity index (χ3v) is 5.31. The van der Waals surface area contributed by atoms with Crippen LogP contribution in [0.5, 0.6) is 5.75 Å². The predicted octanol–water partition coefficient (Wildman–Crippen LogP) is 4.51. The van der Waals surface area contributed by atoms with Crippen molar-refractivity contribution in [2.24, 2.45) is 0 Å². The minimum Gasteiger partial charge on any atom is -0.489 e. The fourth-order valence-corrected chi connectivity index (χ4v) is 3.77. The number of carbonyl (C=O) groups is 1. The molecule has 0 radical (unpaired) electrons. The Morgan fingerprint density at radius 1 is 0.967 bits per heavy atom. The topological polar surface area (TPSA) is 68.5 Å². The maximum atomic E-state index is 13.2. The van der Waals surface area contributed by atoms with E-state index in [1.807, 2.05) is 67.6 Å². The van der Waals surface area contributed by atoms with Gasteiger partial charge in [0, 0.05) is 0 Å². The molecule has 3 aromatic carbocycles. The van der Waals surface area contributed by atoms with Gasteiger partial charge in [0.1, 0.15) is 17.9 Å². The zero-order valence-electron chi connectivity index (χ0n) is 16.3. The van der Waals surface area contributed by atoms with Crippen LogP contribution in [0.15, 0.2) is 82.0 Å². The Morgan fingerprint density at radius 2 is 1.73 bits per heavy atom. The monoisotopic (exact) mass is 397 g/mol. The zero-order valence-corrected chi connectivity index (χ0v) is 16.3. The number of hydrogen-bond acceptors (Lipinski definition) is 4. The van der Waals surface area contributed by atoms with E-state index in [1.165, 1.54) is 0 Å². The normalized spacial score (nSPS) is 15.1. The van der Waals surface area contributed by atoms with Crippen LogP contribution in [0.1, 0.15) is 38.9 Å². The quantitative estimate of drug-likeness (QED) is 0.550. The SMILES string of the molecule is Cc1ccc2oc3c(c(=O)c2c1)C(c1ccc(OCc2ccccc2)cc1)NC3=O. The first-order valence-corrected chi connectivity index (χ1v) is 9.75. The van der Waals surface area contributed by atoms with Gasteiger partial charge in [-0.1, -0.05) is 54.1 Å². The van der Waals surface area contributed by atoms with Gasteiger partial charge in [0.2, 0.25) is 5.76 Å². The molecule has 1 aromatic heterocycles. The summed E-state index contributed by atoms with van der Waals surface area (Å²) in [6, 6.07) is 22.2. The highest BCUT2D eigenvalue weighted by molar-refractivity contribution is 5.99. The molecular weight excluding hydrogens is 378 g/mol.